The van der Waals surface area contributed by atoms with Gasteiger partial charge in [-0.25, -0.2) is 14.8 Å². The summed E-state index contributed by atoms with van der Waals surface area (Å²) in [5.41, 5.74) is 1.36. The van der Waals surface area contributed by atoms with E-state index in [1.807, 2.05) is 0 Å². The molecule has 0 atom stereocenters. The largest absolute Gasteiger partial charge is 0.477 e. The molecule has 15 heavy (non-hydrogen) atoms. The van der Waals surface area contributed by atoms with E-state index in [9.17, 15) is 4.79 Å². The molecule has 74 valence electrons. The maximum Gasteiger partial charge on any atom is 0.348 e. The number of aromatic carboxylic acids is 1. The molecule has 2 aromatic rings. The first-order valence-electron chi connectivity index (χ1n) is 4.21. The van der Waals surface area contributed by atoms with Crippen molar-refractivity contribution in [2.75, 3.05) is 5.32 Å². The summed E-state index contributed by atoms with van der Waals surface area (Å²) >= 11 is 1.15. The highest BCUT2D eigenvalue weighted by atomic mass is 32.1. The summed E-state index contributed by atoms with van der Waals surface area (Å²) in [6.07, 6.45) is 3.14. The first kappa shape index (κ1) is 8.37. The molecule has 0 amide bonds. The Morgan fingerprint density at radius 1 is 1.53 bits per heavy atom. The number of aromatic nitrogens is 1. The predicted octanol–water partition coefficient (Wildman–Crippen LogP) is 2.08. The molecule has 0 aromatic carbocycles. The Kier molecular flexibility index (Phi) is 1.54. The van der Waals surface area contributed by atoms with Crippen LogP contribution in [-0.2, 0) is 0 Å². The van der Waals surface area contributed by atoms with Crippen LogP contribution in [0.25, 0.3) is 10.2 Å². The molecule has 0 unspecified atom stereocenters. The van der Waals surface area contributed by atoms with Crippen molar-refractivity contribution >= 4 is 45.2 Å². The van der Waals surface area contributed by atoms with Gasteiger partial charge in [0.25, 0.3) is 0 Å². The van der Waals surface area contributed by atoms with Crippen molar-refractivity contribution in [2.24, 2.45) is 4.99 Å². The van der Waals surface area contributed by atoms with Crippen LogP contribution >= 0.6 is 11.3 Å². The van der Waals surface area contributed by atoms with Crippen LogP contribution in [-0.4, -0.2) is 22.4 Å². The van der Waals surface area contributed by atoms with Crippen LogP contribution in [0.4, 0.5) is 11.4 Å². The van der Waals surface area contributed by atoms with Crippen molar-refractivity contribution < 1.29 is 9.90 Å². The number of thiophene rings is 1. The maximum absolute atomic E-state index is 11.0. The minimum Gasteiger partial charge on any atom is -0.477 e. The van der Waals surface area contributed by atoms with Crippen LogP contribution in [0, 0.1) is 0 Å². The van der Waals surface area contributed by atoms with E-state index in [1.54, 1.807) is 12.3 Å². The van der Waals surface area contributed by atoms with E-state index in [0.717, 1.165) is 22.4 Å². The minimum absolute atomic E-state index is 0.239. The van der Waals surface area contributed by atoms with Gasteiger partial charge >= 0.3 is 5.97 Å². The Morgan fingerprint density at radius 3 is 3.20 bits per heavy atom. The zero-order chi connectivity index (χ0) is 10.4. The van der Waals surface area contributed by atoms with Crippen molar-refractivity contribution in [2.45, 2.75) is 0 Å². The second kappa shape index (κ2) is 2.77. The van der Waals surface area contributed by atoms with Crippen molar-refractivity contribution in [1.29, 1.82) is 0 Å². The molecule has 3 rings (SSSR count). The topological polar surface area (TPSA) is 74.6 Å². The molecule has 0 spiro atoms. The zero-order valence-corrected chi connectivity index (χ0v) is 8.21. The van der Waals surface area contributed by atoms with Gasteiger partial charge in [0, 0.05) is 6.20 Å². The molecule has 6 heteroatoms. The van der Waals surface area contributed by atoms with Gasteiger partial charge < -0.3 is 10.4 Å². The number of rotatable bonds is 1. The number of hydrogen-bond acceptors (Lipinski definition) is 5. The monoisotopic (exact) mass is 219 g/mol. The van der Waals surface area contributed by atoms with Gasteiger partial charge in [0.1, 0.15) is 15.4 Å². The number of aliphatic imine (C=N–C) groups is 1. The van der Waals surface area contributed by atoms with Crippen molar-refractivity contribution in [3.8, 4) is 0 Å². The maximum atomic E-state index is 11.0. The van der Waals surface area contributed by atoms with Crippen molar-refractivity contribution in [1.82, 2.24) is 4.98 Å². The molecule has 0 bridgehead atoms. The number of carbonyl (C=O) groups is 1. The number of carboxylic acids is 1. The molecule has 0 saturated carbocycles. The molecule has 2 N–H and O–H groups in total. The smallest absolute Gasteiger partial charge is 0.348 e. The molecule has 0 saturated heterocycles. The van der Waals surface area contributed by atoms with Gasteiger partial charge in [-0.2, -0.15) is 0 Å². The molecule has 2 aromatic heterocycles. The average molecular weight is 219 g/mol. The van der Waals surface area contributed by atoms with E-state index in [2.05, 4.69) is 15.3 Å². The van der Waals surface area contributed by atoms with Gasteiger partial charge in [0.2, 0.25) is 0 Å². The highest BCUT2D eigenvalue weighted by Gasteiger charge is 2.21. The van der Waals surface area contributed by atoms with Crippen LogP contribution in [0.2, 0.25) is 0 Å². The molecular weight excluding hydrogens is 214 g/mol. The fourth-order valence-corrected chi connectivity index (χ4v) is 2.52. The van der Waals surface area contributed by atoms with E-state index in [-0.39, 0.29) is 4.88 Å². The molecular formula is C9H5N3O2S. The van der Waals surface area contributed by atoms with Crippen LogP contribution in [0.5, 0.6) is 0 Å². The molecule has 5 nitrogen and oxygen atoms in total. The van der Waals surface area contributed by atoms with Crippen molar-refractivity contribution in [3.05, 3.63) is 17.1 Å². The number of carboxylic acid groups (broad SMARTS) is 1. The SMILES string of the molecule is O=C(O)c1sc2nccc3c2c1N=CN3. The number of hydrogen-bond donors (Lipinski definition) is 2. The zero-order valence-electron chi connectivity index (χ0n) is 7.39. The van der Waals surface area contributed by atoms with E-state index in [0.29, 0.717) is 10.5 Å². The Balaban J connectivity index is 2.48. The fraction of sp³-hybridized carbons (Fsp3) is 0. The molecule has 1 aliphatic rings. The first-order chi connectivity index (χ1) is 7.27. The van der Waals surface area contributed by atoms with Gasteiger partial charge in [-0.15, -0.1) is 11.3 Å². The fourth-order valence-electron chi connectivity index (χ4n) is 1.56. The van der Waals surface area contributed by atoms with Crippen molar-refractivity contribution in [3.63, 3.8) is 0 Å². The number of pyridine rings is 1. The van der Waals surface area contributed by atoms with Crippen LogP contribution in [0.1, 0.15) is 9.67 Å². The van der Waals surface area contributed by atoms with E-state index < -0.39 is 5.97 Å². The summed E-state index contributed by atoms with van der Waals surface area (Å²) in [5, 5.41) is 12.8. The minimum atomic E-state index is -0.960. The Bertz CT molecular complexity index is 603. The summed E-state index contributed by atoms with van der Waals surface area (Å²) in [6.45, 7) is 0. The number of nitrogens with zero attached hydrogens (tertiary/aromatic N) is 2. The predicted molar refractivity (Wildman–Crippen MR) is 58.4 cm³/mol. The van der Waals surface area contributed by atoms with Crippen LogP contribution < -0.4 is 5.32 Å². The third-order valence-electron chi connectivity index (χ3n) is 2.17. The van der Waals surface area contributed by atoms with Gasteiger partial charge in [0.05, 0.1) is 17.4 Å². The summed E-state index contributed by atoms with van der Waals surface area (Å²) < 4.78 is 0. The van der Waals surface area contributed by atoms with Gasteiger partial charge in [0.15, 0.2) is 0 Å². The van der Waals surface area contributed by atoms with Gasteiger partial charge in [-0.05, 0) is 6.07 Å². The highest BCUT2D eigenvalue weighted by Crippen LogP contribution is 2.42. The Labute approximate surface area is 88.1 Å². The lowest BCUT2D eigenvalue weighted by Crippen LogP contribution is -2.00. The average Bonchev–Trinajstić information content (AvgIpc) is 2.61. The van der Waals surface area contributed by atoms with E-state index in [1.165, 1.54) is 6.34 Å². The number of anilines is 1. The Hall–Kier alpha value is -1.95. The van der Waals surface area contributed by atoms with Crippen LogP contribution in [0.3, 0.4) is 0 Å². The summed E-state index contributed by atoms with van der Waals surface area (Å²) in [7, 11) is 0. The van der Waals surface area contributed by atoms with E-state index >= 15 is 0 Å². The normalized spacial score (nSPS) is 12.8. The molecule has 3 heterocycles. The standard InChI is InChI=1S/C9H5N3O2S/c13-9(14)7-6-5-4(11-3-12-6)1-2-10-8(5)15-7/h1-3H,(H,11,12)(H,13,14). The quantitative estimate of drug-likeness (QED) is 0.770. The van der Waals surface area contributed by atoms with Gasteiger partial charge in [-0.3, -0.25) is 0 Å². The Morgan fingerprint density at radius 2 is 2.40 bits per heavy atom. The molecule has 1 aliphatic heterocycles. The summed E-state index contributed by atoms with van der Waals surface area (Å²) in [6, 6.07) is 1.80. The molecule has 0 radical (unpaired) electrons. The summed E-state index contributed by atoms with van der Waals surface area (Å²) in [5.74, 6) is -0.960. The lowest BCUT2D eigenvalue weighted by Gasteiger charge is -2.07. The summed E-state index contributed by atoms with van der Waals surface area (Å²) in [4.78, 5) is 20.1. The third-order valence-corrected chi connectivity index (χ3v) is 3.25. The third kappa shape index (κ3) is 1.05. The van der Waals surface area contributed by atoms with Gasteiger partial charge in [-0.1, -0.05) is 0 Å². The number of nitrogens with one attached hydrogen (secondary N) is 1. The van der Waals surface area contributed by atoms with Crippen LogP contribution in [0.15, 0.2) is 17.3 Å². The second-order valence-electron chi connectivity index (χ2n) is 3.03. The first-order valence-corrected chi connectivity index (χ1v) is 5.03. The second-order valence-corrected chi connectivity index (χ2v) is 4.03. The lowest BCUT2D eigenvalue weighted by atomic mass is 10.2. The lowest BCUT2D eigenvalue weighted by molar-refractivity contribution is 0.0703. The molecule has 0 aliphatic carbocycles. The molecule has 0 fully saturated rings. The van der Waals surface area contributed by atoms with E-state index in [4.69, 9.17) is 5.11 Å². The highest BCUT2D eigenvalue weighted by molar-refractivity contribution is 7.21.